The second-order valence-corrected chi connectivity index (χ2v) is 6.99. The molecular formula is C18H19N5O3S. The number of nitrogens with one attached hydrogen (secondary N) is 2. The van der Waals surface area contributed by atoms with E-state index in [1.54, 1.807) is 12.4 Å². The molecule has 3 aromatic heterocycles. The van der Waals surface area contributed by atoms with Gasteiger partial charge in [0.2, 0.25) is 5.88 Å². The van der Waals surface area contributed by atoms with Gasteiger partial charge in [0.15, 0.2) is 5.13 Å². The zero-order chi connectivity index (χ0) is 18.6. The van der Waals surface area contributed by atoms with Gasteiger partial charge in [-0.1, -0.05) is 17.4 Å². The normalized spacial score (nSPS) is 16.4. The van der Waals surface area contributed by atoms with Crippen molar-refractivity contribution in [1.29, 1.82) is 0 Å². The molecule has 1 aliphatic rings. The molecule has 9 heteroatoms. The second-order valence-electron chi connectivity index (χ2n) is 6.01. The summed E-state index contributed by atoms with van der Waals surface area (Å²) in [5.74, 6) is 0.527. The van der Waals surface area contributed by atoms with E-state index >= 15 is 0 Å². The summed E-state index contributed by atoms with van der Waals surface area (Å²) in [7, 11) is 0. The number of thiazole rings is 1. The van der Waals surface area contributed by atoms with Crippen LogP contribution in [0.15, 0.2) is 30.6 Å². The van der Waals surface area contributed by atoms with Crippen LogP contribution in [0, 0.1) is 0 Å². The van der Waals surface area contributed by atoms with Gasteiger partial charge in [0.25, 0.3) is 0 Å². The van der Waals surface area contributed by atoms with Gasteiger partial charge in [-0.3, -0.25) is 10.3 Å². The van der Waals surface area contributed by atoms with Crippen molar-refractivity contribution in [3.8, 4) is 17.0 Å². The largest absolute Gasteiger partial charge is 0.471 e. The number of fused-ring (bicyclic) bond motifs is 1. The Morgan fingerprint density at radius 1 is 1.44 bits per heavy atom. The molecule has 140 valence electrons. The zero-order valence-corrected chi connectivity index (χ0v) is 15.6. The molecule has 0 spiro atoms. The number of amides is 2. The lowest BCUT2D eigenvalue weighted by atomic mass is 10.1. The molecule has 4 heterocycles. The molecule has 3 aromatic rings. The van der Waals surface area contributed by atoms with Crippen LogP contribution in [0.5, 0.6) is 5.88 Å². The van der Waals surface area contributed by atoms with Crippen molar-refractivity contribution < 1.29 is 14.3 Å². The predicted octanol–water partition coefficient (Wildman–Crippen LogP) is 3.06. The highest BCUT2D eigenvalue weighted by Gasteiger charge is 2.22. The monoisotopic (exact) mass is 385 g/mol. The summed E-state index contributed by atoms with van der Waals surface area (Å²) in [6.07, 6.45) is 4.30. The molecule has 1 saturated heterocycles. The lowest BCUT2D eigenvalue weighted by molar-refractivity contribution is 0.139. The SMILES string of the molecule is CCNC(=O)Nc1nc2cc(-c3cccnc3)c(O[C@@H]3CCOC3)nc2s1. The molecule has 0 saturated carbocycles. The number of ether oxygens (including phenoxy) is 2. The second kappa shape index (κ2) is 7.85. The number of hydrogen-bond acceptors (Lipinski definition) is 7. The molecule has 1 atom stereocenters. The highest BCUT2D eigenvalue weighted by atomic mass is 32.1. The topological polar surface area (TPSA) is 98.3 Å². The zero-order valence-electron chi connectivity index (χ0n) is 14.8. The Labute approximate surface area is 160 Å². The predicted molar refractivity (Wildman–Crippen MR) is 103 cm³/mol. The Morgan fingerprint density at radius 3 is 3.11 bits per heavy atom. The van der Waals surface area contributed by atoms with E-state index in [9.17, 15) is 4.79 Å². The molecule has 0 bridgehead atoms. The van der Waals surface area contributed by atoms with Gasteiger partial charge in [0.1, 0.15) is 16.5 Å². The standard InChI is InChI=1S/C18H19N5O3S/c1-2-20-17(24)23-18-21-14-8-13(11-4-3-6-19-9-11)15(22-16(14)27-18)26-12-5-7-25-10-12/h3-4,6,8-9,12H,2,5,7,10H2,1H3,(H2,20,21,23,24)/t12-/m1/s1. The van der Waals surface area contributed by atoms with Crippen LogP contribution in [-0.4, -0.2) is 46.8 Å². The Kier molecular flexibility index (Phi) is 5.12. The molecular weight excluding hydrogens is 366 g/mol. The average Bonchev–Trinajstić information content (AvgIpc) is 3.31. The molecule has 1 fully saturated rings. The molecule has 2 amide bonds. The number of carbonyl (C=O) groups excluding carboxylic acids is 1. The van der Waals surface area contributed by atoms with Gasteiger partial charge >= 0.3 is 6.03 Å². The van der Waals surface area contributed by atoms with Crippen LogP contribution in [0.2, 0.25) is 0 Å². The first-order chi connectivity index (χ1) is 13.2. The Morgan fingerprint density at radius 2 is 2.37 bits per heavy atom. The van der Waals surface area contributed by atoms with Crippen molar-refractivity contribution in [2.24, 2.45) is 0 Å². The molecule has 4 rings (SSSR count). The summed E-state index contributed by atoms with van der Waals surface area (Å²) >= 11 is 1.31. The molecule has 8 nitrogen and oxygen atoms in total. The average molecular weight is 385 g/mol. The summed E-state index contributed by atoms with van der Waals surface area (Å²) in [5, 5.41) is 5.90. The fourth-order valence-electron chi connectivity index (χ4n) is 2.79. The van der Waals surface area contributed by atoms with Gasteiger partial charge in [-0.15, -0.1) is 0 Å². The number of anilines is 1. The maximum absolute atomic E-state index is 11.8. The van der Waals surface area contributed by atoms with Crippen LogP contribution in [0.3, 0.4) is 0 Å². The van der Waals surface area contributed by atoms with E-state index < -0.39 is 0 Å². The van der Waals surface area contributed by atoms with E-state index in [0.29, 0.717) is 41.1 Å². The van der Waals surface area contributed by atoms with E-state index in [1.807, 2.05) is 25.1 Å². The van der Waals surface area contributed by atoms with Crippen molar-refractivity contribution in [3.05, 3.63) is 30.6 Å². The van der Waals surface area contributed by atoms with Crippen LogP contribution in [-0.2, 0) is 4.74 Å². The van der Waals surface area contributed by atoms with Crippen LogP contribution < -0.4 is 15.4 Å². The summed E-state index contributed by atoms with van der Waals surface area (Å²) in [6, 6.07) is 5.45. The third kappa shape index (κ3) is 3.99. The van der Waals surface area contributed by atoms with Crippen LogP contribution in [0.1, 0.15) is 13.3 Å². The number of rotatable bonds is 5. The molecule has 1 aliphatic heterocycles. The number of hydrogen-bond donors (Lipinski definition) is 2. The Bertz CT molecular complexity index is 941. The fourth-order valence-corrected chi connectivity index (χ4v) is 3.60. The molecule has 2 N–H and O–H groups in total. The van der Waals surface area contributed by atoms with E-state index in [-0.39, 0.29) is 12.1 Å². The first-order valence-electron chi connectivity index (χ1n) is 8.74. The fraction of sp³-hybridized carbons (Fsp3) is 0.333. The third-order valence-electron chi connectivity index (χ3n) is 4.05. The molecule has 0 aliphatic carbocycles. The highest BCUT2D eigenvalue weighted by molar-refractivity contribution is 7.22. The van der Waals surface area contributed by atoms with E-state index in [2.05, 4.69) is 25.6 Å². The Balaban J connectivity index is 1.72. The lowest BCUT2D eigenvalue weighted by Crippen LogP contribution is -2.28. The van der Waals surface area contributed by atoms with Crippen molar-refractivity contribution in [1.82, 2.24) is 20.3 Å². The van der Waals surface area contributed by atoms with Gasteiger partial charge in [-0.2, -0.15) is 0 Å². The molecule has 27 heavy (non-hydrogen) atoms. The van der Waals surface area contributed by atoms with Crippen molar-refractivity contribution >= 4 is 32.8 Å². The molecule has 0 radical (unpaired) electrons. The smallest absolute Gasteiger partial charge is 0.321 e. The quantitative estimate of drug-likeness (QED) is 0.700. The van der Waals surface area contributed by atoms with Gasteiger partial charge in [-0.05, 0) is 19.1 Å². The number of pyridine rings is 2. The first-order valence-corrected chi connectivity index (χ1v) is 9.56. The lowest BCUT2D eigenvalue weighted by Gasteiger charge is -2.14. The minimum atomic E-state index is -0.288. The summed E-state index contributed by atoms with van der Waals surface area (Å²) in [6.45, 7) is 3.65. The molecule has 0 aromatic carbocycles. The van der Waals surface area contributed by atoms with Gasteiger partial charge in [0, 0.05) is 36.5 Å². The number of aromatic nitrogens is 3. The Hall–Kier alpha value is -2.78. The van der Waals surface area contributed by atoms with E-state index in [4.69, 9.17) is 9.47 Å². The number of carbonyl (C=O) groups is 1. The minimum Gasteiger partial charge on any atom is -0.471 e. The molecule has 0 unspecified atom stereocenters. The van der Waals surface area contributed by atoms with Crippen LogP contribution >= 0.6 is 11.3 Å². The van der Waals surface area contributed by atoms with E-state index in [1.165, 1.54) is 11.3 Å². The summed E-state index contributed by atoms with van der Waals surface area (Å²) in [4.78, 5) is 25.8. The number of urea groups is 1. The third-order valence-corrected chi connectivity index (χ3v) is 4.93. The first kappa shape index (κ1) is 17.6. The summed E-state index contributed by atoms with van der Waals surface area (Å²) < 4.78 is 11.5. The van der Waals surface area contributed by atoms with Gasteiger partial charge < -0.3 is 14.8 Å². The highest BCUT2D eigenvalue weighted by Crippen LogP contribution is 2.35. The van der Waals surface area contributed by atoms with Gasteiger partial charge in [-0.25, -0.2) is 14.8 Å². The van der Waals surface area contributed by atoms with Gasteiger partial charge in [0.05, 0.1) is 13.2 Å². The van der Waals surface area contributed by atoms with Crippen molar-refractivity contribution in [2.45, 2.75) is 19.4 Å². The summed E-state index contributed by atoms with van der Waals surface area (Å²) in [5.41, 5.74) is 2.41. The maximum Gasteiger partial charge on any atom is 0.321 e. The van der Waals surface area contributed by atoms with E-state index in [0.717, 1.165) is 17.5 Å². The van der Waals surface area contributed by atoms with Crippen molar-refractivity contribution in [2.75, 3.05) is 25.1 Å². The van der Waals surface area contributed by atoms with Crippen LogP contribution in [0.4, 0.5) is 9.93 Å². The number of nitrogens with zero attached hydrogens (tertiary/aromatic N) is 3. The maximum atomic E-state index is 11.8. The van der Waals surface area contributed by atoms with Crippen LogP contribution in [0.25, 0.3) is 21.5 Å². The van der Waals surface area contributed by atoms with Crippen molar-refractivity contribution in [3.63, 3.8) is 0 Å². The minimum absolute atomic E-state index is 0.0220.